The van der Waals surface area contributed by atoms with E-state index in [0.29, 0.717) is 30.0 Å². The van der Waals surface area contributed by atoms with E-state index in [4.69, 9.17) is 21.1 Å². The van der Waals surface area contributed by atoms with Gasteiger partial charge in [0.15, 0.2) is 11.5 Å². The third-order valence-electron chi connectivity index (χ3n) is 3.24. The number of methoxy groups -OCH3 is 1. The lowest BCUT2D eigenvalue weighted by molar-refractivity contribution is 0.280. The first kappa shape index (κ1) is 16.7. The molecule has 0 bridgehead atoms. The Labute approximate surface area is 137 Å². The van der Waals surface area contributed by atoms with Crippen LogP contribution in [-0.4, -0.2) is 13.2 Å². The Morgan fingerprint density at radius 1 is 1.14 bits per heavy atom. The number of hydrogen-bond donors (Lipinski definition) is 1. The van der Waals surface area contributed by atoms with Gasteiger partial charge in [-0.2, -0.15) is 0 Å². The quantitative estimate of drug-likeness (QED) is 0.819. The molecule has 0 amide bonds. The highest BCUT2D eigenvalue weighted by Gasteiger charge is 2.13. The third kappa shape index (κ3) is 4.65. The summed E-state index contributed by atoms with van der Waals surface area (Å²) in [6.07, 6.45) is 0. The molecule has 0 aromatic heterocycles. The third-order valence-corrected chi connectivity index (χ3v) is 3.46. The molecule has 0 fully saturated rings. The summed E-state index contributed by atoms with van der Waals surface area (Å²) >= 11 is 6.17. The first-order valence-corrected chi connectivity index (χ1v) is 7.74. The molecule has 0 saturated carbocycles. The maximum atomic E-state index is 6.17. The molecule has 0 radical (unpaired) electrons. The molecule has 0 spiro atoms. The second-order valence-corrected chi connectivity index (χ2v) is 5.84. The molecular formula is C18H22ClNO2. The Morgan fingerprint density at radius 3 is 2.50 bits per heavy atom. The highest BCUT2D eigenvalue weighted by atomic mass is 35.5. The van der Waals surface area contributed by atoms with Crippen molar-refractivity contribution < 1.29 is 9.47 Å². The van der Waals surface area contributed by atoms with Crippen LogP contribution < -0.4 is 14.8 Å². The number of rotatable bonds is 7. The Hall–Kier alpha value is -1.71. The number of ether oxygens (including phenoxy) is 2. The minimum absolute atomic E-state index is 0.381. The Bertz CT molecular complexity index is 600. The summed E-state index contributed by atoms with van der Waals surface area (Å²) in [4.78, 5) is 0. The number of hydrogen-bond acceptors (Lipinski definition) is 3. The lowest BCUT2D eigenvalue weighted by atomic mass is 10.1. The molecule has 0 unspecified atom stereocenters. The minimum atomic E-state index is 0.381. The van der Waals surface area contributed by atoms with E-state index < -0.39 is 0 Å². The van der Waals surface area contributed by atoms with Crippen molar-refractivity contribution in [2.45, 2.75) is 33.0 Å². The van der Waals surface area contributed by atoms with E-state index in [-0.39, 0.29) is 0 Å². The highest BCUT2D eigenvalue weighted by molar-refractivity contribution is 6.30. The van der Waals surface area contributed by atoms with Gasteiger partial charge in [-0.05, 0) is 11.6 Å². The fourth-order valence-electron chi connectivity index (χ4n) is 2.11. The van der Waals surface area contributed by atoms with Crippen LogP contribution in [-0.2, 0) is 13.2 Å². The van der Waals surface area contributed by atoms with Crippen LogP contribution in [0.25, 0.3) is 0 Å². The van der Waals surface area contributed by atoms with E-state index in [9.17, 15) is 0 Å². The molecule has 118 valence electrons. The van der Waals surface area contributed by atoms with Crippen LogP contribution in [0.4, 0.5) is 0 Å². The molecule has 0 heterocycles. The standard InChI is InChI=1S/C18H22ClNO2/c1-13(2)20-11-15-9-16(19)10-17(21-3)18(15)22-12-14-7-5-4-6-8-14/h4-10,13,20H,11-12H2,1-3H3. The van der Waals surface area contributed by atoms with Crippen LogP contribution in [0.15, 0.2) is 42.5 Å². The second kappa shape index (κ2) is 8.06. The molecule has 2 aromatic rings. The molecule has 0 aliphatic rings. The minimum Gasteiger partial charge on any atom is -0.493 e. The zero-order chi connectivity index (χ0) is 15.9. The molecule has 22 heavy (non-hydrogen) atoms. The summed E-state index contributed by atoms with van der Waals surface area (Å²) in [6.45, 7) is 5.38. The van der Waals surface area contributed by atoms with Crippen LogP contribution in [0.3, 0.4) is 0 Å². The van der Waals surface area contributed by atoms with E-state index in [1.165, 1.54) is 0 Å². The Kier molecular flexibility index (Phi) is 6.10. The molecular weight excluding hydrogens is 298 g/mol. The second-order valence-electron chi connectivity index (χ2n) is 5.41. The average molecular weight is 320 g/mol. The zero-order valence-corrected chi connectivity index (χ0v) is 14.0. The predicted molar refractivity (Wildman–Crippen MR) is 90.8 cm³/mol. The summed E-state index contributed by atoms with van der Waals surface area (Å²) in [5, 5.41) is 4.03. The summed E-state index contributed by atoms with van der Waals surface area (Å²) in [6, 6.07) is 14.1. The molecule has 2 rings (SSSR count). The van der Waals surface area contributed by atoms with Gasteiger partial charge in [-0.25, -0.2) is 0 Å². The number of nitrogens with one attached hydrogen (secondary N) is 1. The molecule has 0 aliphatic heterocycles. The van der Waals surface area contributed by atoms with Crippen LogP contribution in [0.2, 0.25) is 5.02 Å². The fourth-order valence-corrected chi connectivity index (χ4v) is 2.34. The molecule has 0 saturated heterocycles. The predicted octanol–water partition coefficient (Wildman–Crippen LogP) is 4.43. The normalized spacial score (nSPS) is 10.8. The molecule has 0 aliphatic carbocycles. The Balaban J connectivity index is 2.22. The molecule has 3 nitrogen and oxygen atoms in total. The van der Waals surface area contributed by atoms with Crippen LogP contribution in [0.1, 0.15) is 25.0 Å². The molecule has 1 N–H and O–H groups in total. The average Bonchev–Trinajstić information content (AvgIpc) is 2.52. The van der Waals surface area contributed by atoms with E-state index >= 15 is 0 Å². The number of halogens is 1. The van der Waals surface area contributed by atoms with Gasteiger partial charge in [0.1, 0.15) is 6.61 Å². The van der Waals surface area contributed by atoms with Crippen LogP contribution >= 0.6 is 11.6 Å². The van der Waals surface area contributed by atoms with Crippen LogP contribution in [0.5, 0.6) is 11.5 Å². The van der Waals surface area contributed by atoms with Crippen molar-refractivity contribution in [3.05, 3.63) is 58.6 Å². The van der Waals surface area contributed by atoms with Gasteiger partial charge in [0.25, 0.3) is 0 Å². The summed E-state index contributed by atoms with van der Waals surface area (Å²) in [5.41, 5.74) is 2.11. The summed E-state index contributed by atoms with van der Waals surface area (Å²) < 4.78 is 11.4. The molecule has 4 heteroatoms. The topological polar surface area (TPSA) is 30.5 Å². The van der Waals surface area contributed by atoms with Crippen molar-refractivity contribution in [2.75, 3.05) is 7.11 Å². The lowest BCUT2D eigenvalue weighted by Crippen LogP contribution is -2.22. The van der Waals surface area contributed by atoms with Gasteiger partial charge in [-0.1, -0.05) is 55.8 Å². The Morgan fingerprint density at radius 2 is 1.86 bits per heavy atom. The van der Waals surface area contributed by atoms with Crippen molar-refractivity contribution in [2.24, 2.45) is 0 Å². The maximum absolute atomic E-state index is 6.17. The fraction of sp³-hybridized carbons (Fsp3) is 0.333. The lowest BCUT2D eigenvalue weighted by Gasteiger charge is -2.17. The van der Waals surface area contributed by atoms with Crippen molar-refractivity contribution in [3.8, 4) is 11.5 Å². The van der Waals surface area contributed by atoms with Crippen LogP contribution in [0, 0.1) is 0 Å². The maximum Gasteiger partial charge on any atom is 0.166 e. The molecule has 0 atom stereocenters. The van der Waals surface area contributed by atoms with E-state index in [0.717, 1.165) is 16.9 Å². The van der Waals surface area contributed by atoms with Gasteiger partial charge in [-0.3, -0.25) is 0 Å². The SMILES string of the molecule is COc1cc(Cl)cc(CNC(C)C)c1OCc1ccccc1. The van der Waals surface area contributed by atoms with E-state index in [2.05, 4.69) is 19.2 Å². The number of benzene rings is 2. The van der Waals surface area contributed by atoms with Crippen molar-refractivity contribution in [1.82, 2.24) is 5.32 Å². The van der Waals surface area contributed by atoms with Crippen molar-refractivity contribution in [3.63, 3.8) is 0 Å². The zero-order valence-electron chi connectivity index (χ0n) is 13.2. The van der Waals surface area contributed by atoms with Crippen molar-refractivity contribution in [1.29, 1.82) is 0 Å². The first-order chi connectivity index (χ1) is 10.6. The summed E-state index contributed by atoms with van der Waals surface area (Å²) in [7, 11) is 1.63. The van der Waals surface area contributed by atoms with Gasteiger partial charge in [0.05, 0.1) is 7.11 Å². The van der Waals surface area contributed by atoms with Crippen molar-refractivity contribution >= 4 is 11.6 Å². The largest absolute Gasteiger partial charge is 0.493 e. The van der Waals surface area contributed by atoms with E-state index in [1.54, 1.807) is 13.2 Å². The highest BCUT2D eigenvalue weighted by Crippen LogP contribution is 2.35. The smallest absolute Gasteiger partial charge is 0.166 e. The van der Waals surface area contributed by atoms with Gasteiger partial charge < -0.3 is 14.8 Å². The monoisotopic (exact) mass is 319 g/mol. The summed E-state index contributed by atoms with van der Waals surface area (Å²) in [5.74, 6) is 1.40. The van der Waals surface area contributed by atoms with Gasteiger partial charge >= 0.3 is 0 Å². The van der Waals surface area contributed by atoms with Gasteiger partial charge in [0.2, 0.25) is 0 Å². The molecule has 2 aromatic carbocycles. The van der Waals surface area contributed by atoms with Gasteiger partial charge in [0, 0.05) is 29.2 Å². The van der Waals surface area contributed by atoms with E-state index in [1.807, 2.05) is 36.4 Å². The first-order valence-electron chi connectivity index (χ1n) is 7.36. The van der Waals surface area contributed by atoms with Gasteiger partial charge in [-0.15, -0.1) is 0 Å².